The number of aromatic nitrogens is 1. The Kier molecular flexibility index (Phi) is 9.19. The van der Waals surface area contributed by atoms with Gasteiger partial charge in [0.25, 0.3) is 0 Å². The molecule has 1 saturated carbocycles. The van der Waals surface area contributed by atoms with Gasteiger partial charge in [-0.15, -0.1) is 35.3 Å². The zero-order valence-corrected chi connectivity index (χ0v) is 17.8. The molecule has 1 fully saturated rings. The maximum atomic E-state index is 4.70. The monoisotopic (exact) mass is 451 g/mol. The first-order chi connectivity index (χ1) is 10.6. The van der Waals surface area contributed by atoms with Gasteiger partial charge in [0.15, 0.2) is 11.1 Å². The Balaban J connectivity index is 0.00000264. The zero-order chi connectivity index (χ0) is 15.9. The highest BCUT2D eigenvalue weighted by Crippen LogP contribution is 2.23. The lowest BCUT2D eigenvalue weighted by atomic mass is 9.87. The number of anilines is 1. The summed E-state index contributed by atoms with van der Waals surface area (Å²) in [7, 11) is 4.03. The second kappa shape index (κ2) is 10.3. The number of hydrogen-bond donors (Lipinski definition) is 2. The summed E-state index contributed by atoms with van der Waals surface area (Å²) in [6.45, 7) is 5.96. The third-order valence-electron chi connectivity index (χ3n) is 3.94. The van der Waals surface area contributed by atoms with E-state index in [0.29, 0.717) is 12.6 Å². The van der Waals surface area contributed by atoms with E-state index < -0.39 is 0 Å². The van der Waals surface area contributed by atoms with Crippen molar-refractivity contribution in [3.05, 3.63) is 11.1 Å². The standard InChI is InChI=1S/C16H29N5S.HI/c1-5-17-15(19-13-8-6-7-12(2)9-13)18-10-14-11-22-16(20-14)21(3)4;/h11-13H,5-10H2,1-4H3,(H2,17,18,19);1H. The van der Waals surface area contributed by atoms with Gasteiger partial charge < -0.3 is 15.5 Å². The molecule has 7 heteroatoms. The van der Waals surface area contributed by atoms with Gasteiger partial charge in [-0.25, -0.2) is 9.98 Å². The predicted molar refractivity (Wildman–Crippen MR) is 111 cm³/mol. The minimum absolute atomic E-state index is 0. The Morgan fingerprint density at radius 1 is 1.43 bits per heavy atom. The van der Waals surface area contributed by atoms with Gasteiger partial charge in [0.1, 0.15) is 0 Å². The number of nitrogens with one attached hydrogen (secondary N) is 2. The molecule has 0 spiro atoms. The molecule has 0 aromatic carbocycles. The van der Waals surface area contributed by atoms with Gasteiger partial charge in [-0.2, -0.15) is 0 Å². The summed E-state index contributed by atoms with van der Waals surface area (Å²) in [6, 6.07) is 0.550. The highest BCUT2D eigenvalue weighted by molar-refractivity contribution is 14.0. The van der Waals surface area contributed by atoms with Crippen LogP contribution in [-0.4, -0.2) is 37.6 Å². The number of hydrogen-bond acceptors (Lipinski definition) is 4. The molecule has 0 aliphatic heterocycles. The Labute approximate surface area is 161 Å². The average Bonchev–Trinajstić information content (AvgIpc) is 2.94. The lowest BCUT2D eigenvalue weighted by Gasteiger charge is -2.28. The molecular formula is C16H30IN5S. The largest absolute Gasteiger partial charge is 0.357 e. The fraction of sp³-hybridized carbons (Fsp3) is 0.750. The summed E-state index contributed by atoms with van der Waals surface area (Å²) in [4.78, 5) is 11.3. The van der Waals surface area contributed by atoms with Gasteiger partial charge in [-0.05, 0) is 25.7 Å². The molecule has 2 atom stereocenters. The Morgan fingerprint density at radius 2 is 2.22 bits per heavy atom. The summed E-state index contributed by atoms with van der Waals surface area (Å²) in [5, 5.41) is 10.1. The quantitative estimate of drug-likeness (QED) is 0.409. The molecule has 2 rings (SSSR count). The van der Waals surface area contributed by atoms with Crippen molar-refractivity contribution in [1.29, 1.82) is 0 Å². The second-order valence-corrected chi connectivity index (χ2v) is 7.16. The van der Waals surface area contributed by atoms with Crippen LogP contribution in [0.2, 0.25) is 0 Å². The first-order valence-corrected chi connectivity index (χ1v) is 9.13. The summed E-state index contributed by atoms with van der Waals surface area (Å²) in [6.07, 6.45) is 5.16. The fourth-order valence-electron chi connectivity index (χ4n) is 2.81. The number of rotatable bonds is 5. The maximum Gasteiger partial charge on any atom is 0.191 e. The van der Waals surface area contributed by atoms with Crippen LogP contribution in [-0.2, 0) is 6.54 Å². The van der Waals surface area contributed by atoms with Crippen molar-refractivity contribution in [3.63, 3.8) is 0 Å². The van der Waals surface area contributed by atoms with Gasteiger partial charge in [0.2, 0.25) is 0 Å². The number of aliphatic imine (C=N–C) groups is 1. The molecule has 2 N–H and O–H groups in total. The van der Waals surface area contributed by atoms with Crippen LogP contribution in [0.15, 0.2) is 10.4 Å². The topological polar surface area (TPSA) is 52.6 Å². The van der Waals surface area contributed by atoms with Gasteiger partial charge >= 0.3 is 0 Å². The van der Waals surface area contributed by atoms with Crippen LogP contribution in [0.5, 0.6) is 0 Å². The molecule has 1 aromatic heterocycles. The van der Waals surface area contributed by atoms with E-state index in [1.165, 1.54) is 25.7 Å². The van der Waals surface area contributed by atoms with Crippen molar-refractivity contribution in [3.8, 4) is 0 Å². The summed E-state index contributed by atoms with van der Waals surface area (Å²) < 4.78 is 0. The molecule has 23 heavy (non-hydrogen) atoms. The normalized spacial score (nSPS) is 21.5. The average molecular weight is 451 g/mol. The van der Waals surface area contributed by atoms with E-state index in [9.17, 15) is 0 Å². The highest BCUT2D eigenvalue weighted by atomic mass is 127. The van der Waals surface area contributed by atoms with Crippen LogP contribution in [0.25, 0.3) is 0 Å². The van der Waals surface area contributed by atoms with Crippen molar-refractivity contribution in [2.24, 2.45) is 10.9 Å². The third-order valence-corrected chi connectivity index (χ3v) is 5.00. The van der Waals surface area contributed by atoms with Gasteiger partial charge in [-0.3, -0.25) is 0 Å². The molecule has 1 aromatic rings. The molecule has 0 bridgehead atoms. The third kappa shape index (κ3) is 6.82. The molecule has 132 valence electrons. The Hall–Kier alpha value is -0.570. The van der Waals surface area contributed by atoms with Crippen molar-refractivity contribution in [2.45, 2.75) is 52.1 Å². The van der Waals surface area contributed by atoms with E-state index in [1.807, 2.05) is 19.0 Å². The van der Waals surface area contributed by atoms with E-state index in [-0.39, 0.29) is 24.0 Å². The van der Waals surface area contributed by atoms with E-state index in [4.69, 9.17) is 4.99 Å². The van der Waals surface area contributed by atoms with E-state index in [1.54, 1.807) is 11.3 Å². The molecule has 1 aliphatic rings. The first kappa shape index (κ1) is 20.5. The molecule has 5 nitrogen and oxygen atoms in total. The molecule has 2 unspecified atom stereocenters. The second-order valence-electron chi connectivity index (χ2n) is 6.32. The molecular weight excluding hydrogens is 421 g/mol. The summed E-state index contributed by atoms with van der Waals surface area (Å²) in [5.41, 5.74) is 1.03. The van der Waals surface area contributed by atoms with Gasteiger partial charge in [0.05, 0.1) is 12.2 Å². The Morgan fingerprint density at radius 3 is 2.83 bits per heavy atom. The molecule has 1 heterocycles. The molecule has 0 radical (unpaired) electrons. The van der Waals surface area contributed by atoms with Crippen LogP contribution in [0.1, 0.15) is 45.2 Å². The van der Waals surface area contributed by atoms with Crippen LogP contribution in [0, 0.1) is 5.92 Å². The minimum Gasteiger partial charge on any atom is -0.357 e. The van der Waals surface area contributed by atoms with Crippen molar-refractivity contribution in [2.75, 3.05) is 25.5 Å². The zero-order valence-electron chi connectivity index (χ0n) is 14.6. The van der Waals surface area contributed by atoms with Gasteiger partial charge in [0, 0.05) is 32.1 Å². The van der Waals surface area contributed by atoms with Crippen LogP contribution < -0.4 is 15.5 Å². The lowest BCUT2D eigenvalue weighted by Crippen LogP contribution is -2.45. The van der Waals surface area contributed by atoms with Crippen LogP contribution >= 0.6 is 35.3 Å². The van der Waals surface area contributed by atoms with E-state index in [2.05, 4.69) is 34.8 Å². The van der Waals surface area contributed by atoms with Crippen molar-refractivity contribution >= 4 is 46.4 Å². The van der Waals surface area contributed by atoms with Gasteiger partial charge in [-0.1, -0.05) is 19.8 Å². The smallest absolute Gasteiger partial charge is 0.191 e. The Bertz CT molecular complexity index is 489. The summed E-state index contributed by atoms with van der Waals surface area (Å²) >= 11 is 1.66. The molecule has 0 amide bonds. The van der Waals surface area contributed by atoms with Crippen molar-refractivity contribution < 1.29 is 0 Å². The maximum absolute atomic E-state index is 4.70. The molecule has 0 saturated heterocycles. The molecule has 1 aliphatic carbocycles. The number of guanidine groups is 1. The number of thiazole rings is 1. The predicted octanol–water partition coefficient (Wildman–Crippen LogP) is 3.46. The van der Waals surface area contributed by atoms with E-state index >= 15 is 0 Å². The highest BCUT2D eigenvalue weighted by Gasteiger charge is 2.19. The lowest BCUT2D eigenvalue weighted by molar-refractivity contribution is 0.324. The summed E-state index contributed by atoms with van der Waals surface area (Å²) in [5.74, 6) is 1.73. The minimum atomic E-state index is 0. The SMILES string of the molecule is CCNC(=NCc1csc(N(C)C)n1)NC1CCCC(C)C1.I. The first-order valence-electron chi connectivity index (χ1n) is 8.25. The number of halogens is 1. The fourth-order valence-corrected chi connectivity index (χ4v) is 3.56. The van der Waals surface area contributed by atoms with Crippen LogP contribution in [0.3, 0.4) is 0 Å². The van der Waals surface area contributed by atoms with Crippen LogP contribution in [0.4, 0.5) is 5.13 Å². The number of nitrogens with zero attached hydrogens (tertiary/aromatic N) is 3. The van der Waals surface area contributed by atoms with E-state index in [0.717, 1.165) is 29.2 Å². The van der Waals surface area contributed by atoms with Crippen molar-refractivity contribution in [1.82, 2.24) is 15.6 Å².